The number of halogens is 1. The molecule has 2 N–H and O–H groups in total. The second-order valence-corrected chi connectivity index (χ2v) is 7.71. The fourth-order valence-corrected chi connectivity index (χ4v) is 3.84. The highest BCUT2D eigenvalue weighted by molar-refractivity contribution is 14.0. The summed E-state index contributed by atoms with van der Waals surface area (Å²) in [6.07, 6.45) is 2.74. The largest absolute Gasteiger partial charge is 0.493 e. The summed E-state index contributed by atoms with van der Waals surface area (Å²) in [5.41, 5.74) is 3.77. The molecule has 2 aromatic rings. The first kappa shape index (κ1) is 26.8. The summed E-state index contributed by atoms with van der Waals surface area (Å²) >= 11 is 0. The zero-order valence-electron chi connectivity index (χ0n) is 19.7. The Bertz CT molecular complexity index is 936. The molecule has 0 aliphatic carbocycles. The molecule has 1 aliphatic heterocycles. The molecule has 180 valence electrons. The monoisotopic (exact) mass is 566 g/mol. The summed E-state index contributed by atoms with van der Waals surface area (Å²) < 4.78 is 11.0. The molecule has 0 radical (unpaired) electrons. The average Bonchev–Trinajstić information content (AvgIpc) is 2.83. The number of nitrogens with zero attached hydrogens (tertiary/aromatic N) is 2. The third kappa shape index (κ3) is 7.80. The van der Waals surface area contributed by atoms with Crippen LogP contribution in [0.3, 0.4) is 0 Å². The van der Waals surface area contributed by atoms with Crippen molar-refractivity contribution in [1.82, 2.24) is 15.5 Å². The third-order valence-electron chi connectivity index (χ3n) is 5.58. The lowest BCUT2D eigenvalue weighted by atomic mass is 10.00. The lowest BCUT2D eigenvalue weighted by Crippen LogP contribution is -2.46. The van der Waals surface area contributed by atoms with Gasteiger partial charge < -0.3 is 25.0 Å². The number of carbonyl (C=O) groups excluding carboxylic acids is 1. The van der Waals surface area contributed by atoms with Gasteiger partial charge in [-0.15, -0.1) is 24.0 Å². The summed E-state index contributed by atoms with van der Waals surface area (Å²) in [7, 11) is 3.36. The van der Waals surface area contributed by atoms with E-state index in [2.05, 4.69) is 39.9 Å². The van der Waals surface area contributed by atoms with Crippen molar-refractivity contribution >= 4 is 35.8 Å². The molecule has 1 heterocycles. The Morgan fingerprint density at radius 2 is 1.91 bits per heavy atom. The van der Waals surface area contributed by atoms with Crippen molar-refractivity contribution in [2.45, 2.75) is 32.7 Å². The van der Waals surface area contributed by atoms with Gasteiger partial charge in [0, 0.05) is 26.7 Å². The molecule has 7 nitrogen and oxygen atoms in total. The molecule has 0 aromatic heterocycles. The number of aliphatic imine (C=N–C) groups is 1. The Balaban J connectivity index is 0.00000385. The van der Waals surface area contributed by atoms with Crippen molar-refractivity contribution in [3.63, 3.8) is 0 Å². The first-order valence-electron chi connectivity index (χ1n) is 11.2. The van der Waals surface area contributed by atoms with Crippen molar-refractivity contribution in [3.8, 4) is 11.5 Å². The van der Waals surface area contributed by atoms with Crippen LogP contribution in [-0.2, 0) is 24.2 Å². The lowest BCUT2D eigenvalue weighted by Gasteiger charge is -2.29. The van der Waals surface area contributed by atoms with E-state index in [-0.39, 0.29) is 36.4 Å². The normalized spacial score (nSPS) is 12.9. The number of methoxy groups -OCH3 is 1. The predicted octanol–water partition coefficient (Wildman–Crippen LogP) is 3.39. The number of fused-ring (bicyclic) bond motifs is 1. The average molecular weight is 566 g/mol. The molecular formula is C25H35IN4O3. The molecule has 0 saturated carbocycles. The Labute approximate surface area is 214 Å². The van der Waals surface area contributed by atoms with Crippen LogP contribution in [0, 0.1) is 0 Å². The van der Waals surface area contributed by atoms with Crippen LogP contribution in [0.5, 0.6) is 11.5 Å². The topological polar surface area (TPSA) is 75.2 Å². The van der Waals surface area contributed by atoms with Gasteiger partial charge in [0.2, 0.25) is 5.91 Å². The van der Waals surface area contributed by atoms with E-state index in [0.717, 1.165) is 43.9 Å². The van der Waals surface area contributed by atoms with Crippen LogP contribution in [0.1, 0.15) is 30.0 Å². The molecular weight excluding hydrogens is 531 g/mol. The van der Waals surface area contributed by atoms with E-state index in [1.807, 2.05) is 30.0 Å². The number of guanidine groups is 1. The van der Waals surface area contributed by atoms with Gasteiger partial charge in [-0.05, 0) is 55.0 Å². The molecule has 3 rings (SSSR count). The number of rotatable bonds is 9. The van der Waals surface area contributed by atoms with Crippen molar-refractivity contribution in [2.24, 2.45) is 4.99 Å². The molecule has 0 saturated heterocycles. The van der Waals surface area contributed by atoms with Crippen molar-refractivity contribution in [3.05, 3.63) is 59.2 Å². The number of hydrogen-bond acceptors (Lipinski definition) is 4. The Hall–Kier alpha value is -2.49. The van der Waals surface area contributed by atoms with E-state index in [1.165, 1.54) is 16.7 Å². The minimum atomic E-state index is 0. The zero-order valence-corrected chi connectivity index (χ0v) is 22.1. The molecule has 0 spiro atoms. The zero-order chi connectivity index (χ0) is 22.8. The smallest absolute Gasteiger partial charge is 0.242 e. The number of benzene rings is 2. The summed E-state index contributed by atoms with van der Waals surface area (Å²) in [6.45, 7) is 4.98. The van der Waals surface area contributed by atoms with E-state index in [1.54, 1.807) is 14.2 Å². The minimum Gasteiger partial charge on any atom is -0.493 e. The van der Waals surface area contributed by atoms with E-state index >= 15 is 0 Å². The van der Waals surface area contributed by atoms with Crippen molar-refractivity contribution in [2.75, 3.05) is 40.4 Å². The second kappa shape index (κ2) is 13.9. The van der Waals surface area contributed by atoms with Crippen molar-refractivity contribution < 1.29 is 14.3 Å². The Kier molecular flexibility index (Phi) is 11.3. The summed E-state index contributed by atoms with van der Waals surface area (Å²) in [4.78, 5) is 18.8. The van der Waals surface area contributed by atoms with Gasteiger partial charge in [0.05, 0.1) is 20.3 Å². The summed E-state index contributed by atoms with van der Waals surface area (Å²) in [5.74, 6) is 2.25. The van der Waals surface area contributed by atoms with E-state index < -0.39 is 0 Å². The Morgan fingerprint density at radius 1 is 1.12 bits per heavy atom. The highest BCUT2D eigenvalue weighted by Gasteiger charge is 2.20. The van der Waals surface area contributed by atoms with Crippen LogP contribution >= 0.6 is 24.0 Å². The van der Waals surface area contributed by atoms with Crippen LogP contribution in [0.15, 0.2) is 47.5 Å². The molecule has 2 aromatic carbocycles. The maximum atomic E-state index is 12.6. The highest BCUT2D eigenvalue weighted by atomic mass is 127. The van der Waals surface area contributed by atoms with Crippen LogP contribution in [0.4, 0.5) is 0 Å². The summed E-state index contributed by atoms with van der Waals surface area (Å²) in [6, 6.07) is 14.4. The van der Waals surface area contributed by atoms with Gasteiger partial charge in [0.1, 0.15) is 0 Å². The molecule has 0 bridgehead atoms. The standard InChI is InChI=1S/C25H34N4O3.HI/c1-4-32-23-16-19(11-12-22(23)31-3)8-7-14-27-25(26-2)28-17-24(30)29-15-13-20-9-5-6-10-21(20)18-29;/h5-6,9-12,16H,4,7-8,13-15,17-18H2,1-3H3,(H2,26,27,28);1H. The van der Waals surface area contributed by atoms with Crippen LogP contribution in [-0.4, -0.2) is 57.2 Å². The van der Waals surface area contributed by atoms with Crippen LogP contribution in [0.25, 0.3) is 0 Å². The molecule has 1 amide bonds. The second-order valence-electron chi connectivity index (χ2n) is 7.71. The molecule has 0 atom stereocenters. The number of nitrogens with one attached hydrogen (secondary N) is 2. The summed E-state index contributed by atoms with van der Waals surface area (Å²) in [5, 5.41) is 6.43. The number of amides is 1. The first-order valence-corrected chi connectivity index (χ1v) is 11.2. The van der Waals surface area contributed by atoms with E-state index in [0.29, 0.717) is 19.1 Å². The van der Waals surface area contributed by atoms with Crippen molar-refractivity contribution in [1.29, 1.82) is 0 Å². The van der Waals surface area contributed by atoms with Gasteiger partial charge >= 0.3 is 0 Å². The fourth-order valence-electron chi connectivity index (χ4n) is 3.84. The van der Waals surface area contributed by atoms with Gasteiger partial charge in [0.15, 0.2) is 17.5 Å². The maximum absolute atomic E-state index is 12.6. The van der Waals surface area contributed by atoms with E-state index in [9.17, 15) is 4.79 Å². The molecule has 0 fully saturated rings. The van der Waals surface area contributed by atoms with Crippen LogP contribution < -0.4 is 20.1 Å². The quantitative estimate of drug-likeness (QED) is 0.211. The first-order chi connectivity index (χ1) is 15.6. The third-order valence-corrected chi connectivity index (χ3v) is 5.58. The SMILES string of the molecule is CCOc1cc(CCCNC(=NC)NCC(=O)N2CCc3ccccc3C2)ccc1OC.I. The molecule has 0 unspecified atom stereocenters. The molecule has 8 heteroatoms. The number of carbonyl (C=O) groups is 1. The van der Waals surface area contributed by atoms with E-state index in [4.69, 9.17) is 9.47 Å². The number of ether oxygens (including phenoxy) is 2. The maximum Gasteiger partial charge on any atom is 0.242 e. The molecule has 1 aliphatic rings. The van der Waals surface area contributed by atoms with Gasteiger partial charge in [-0.25, -0.2) is 0 Å². The lowest BCUT2D eigenvalue weighted by molar-refractivity contribution is -0.130. The van der Waals surface area contributed by atoms with Gasteiger partial charge in [-0.2, -0.15) is 0 Å². The number of hydrogen-bond donors (Lipinski definition) is 2. The number of aryl methyl sites for hydroxylation is 1. The highest BCUT2D eigenvalue weighted by Crippen LogP contribution is 2.28. The Morgan fingerprint density at radius 3 is 2.64 bits per heavy atom. The van der Waals surface area contributed by atoms with Gasteiger partial charge in [0.25, 0.3) is 0 Å². The van der Waals surface area contributed by atoms with Gasteiger partial charge in [-0.1, -0.05) is 30.3 Å². The predicted molar refractivity (Wildman–Crippen MR) is 143 cm³/mol. The molecule has 33 heavy (non-hydrogen) atoms. The van der Waals surface area contributed by atoms with Crippen LogP contribution in [0.2, 0.25) is 0 Å². The fraction of sp³-hybridized carbons (Fsp3) is 0.440. The minimum absolute atomic E-state index is 0. The van der Waals surface area contributed by atoms with Gasteiger partial charge in [-0.3, -0.25) is 9.79 Å².